The first-order valence-electron chi connectivity index (χ1n) is 9.71. The number of rotatable bonds is 6. The predicted molar refractivity (Wildman–Crippen MR) is 109 cm³/mol. The molecule has 2 amide bonds. The van der Waals surface area contributed by atoms with Gasteiger partial charge in [0.2, 0.25) is 10.0 Å². The van der Waals surface area contributed by atoms with E-state index in [-0.39, 0.29) is 30.1 Å². The summed E-state index contributed by atoms with van der Waals surface area (Å²) in [6.07, 6.45) is 1.71. The van der Waals surface area contributed by atoms with Gasteiger partial charge in [0.1, 0.15) is 5.82 Å². The van der Waals surface area contributed by atoms with Crippen LogP contribution in [0.15, 0.2) is 59.5 Å². The van der Waals surface area contributed by atoms with Gasteiger partial charge in [-0.3, -0.25) is 0 Å². The number of nitrogens with zero attached hydrogens (tertiary/aromatic N) is 2. The Morgan fingerprint density at radius 1 is 1.03 bits per heavy atom. The summed E-state index contributed by atoms with van der Waals surface area (Å²) in [5, 5.41) is 2.99. The van der Waals surface area contributed by atoms with Gasteiger partial charge in [0.25, 0.3) is 0 Å². The molecule has 1 aliphatic heterocycles. The molecule has 1 fully saturated rings. The second-order valence-electron chi connectivity index (χ2n) is 7.22. The molecule has 0 unspecified atom stereocenters. The van der Waals surface area contributed by atoms with Gasteiger partial charge in [-0.2, -0.15) is 4.31 Å². The second-order valence-corrected chi connectivity index (χ2v) is 9.16. The van der Waals surface area contributed by atoms with Crippen molar-refractivity contribution in [2.24, 2.45) is 0 Å². The lowest BCUT2D eigenvalue weighted by molar-refractivity contribution is 0.169. The lowest BCUT2D eigenvalue weighted by atomic mass is 10.1. The standard InChI is InChI=1S/C21H26FN3O3S/c1-17(7-8-18-5-3-2-4-6-18)23-21(26)24-13-15-25(16-14-24)29(27,28)20-11-9-19(22)10-12-20/h2-6,9-12,17H,7-8,13-16H2,1H3,(H,23,26)/t17-/m1/s1. The highest BCUT2D eigenvalue weighted by molar-refractivity contribution is 7.89. The summed E-state index contributed by atoms with van der Waals surface area (Å²) >= 11 is 0. The second kappa shape index (κ2) is 9.37. The van der Waals surface area contributed by atoms with E-state index in [0.29, 0.717) is 13.1 Å². The Bertz CT molecular complexity index is 912. The lowest BCUT2D eigenvalue weighted by Crippen LogP contribution is -2.54. The third-order valence-electron chi connectivity index (χ3n) is 5.06. The van der Waals surface area contributed by atoms with Crippen molar-refractivity contribution in [2.75, 3.05) is 26.2 Å². The quantitative estimate of drug-likeness (QED) is 0.783. The number of hydrogen-bond donors (Lipinski definition) is 1. The molecular formula is C21H26FN3O3S. The molecular weight excluding hydrogens is 393 g/mol. The first-order chi connectivity index (χ1) is 13.9. The zero-order valence-corrected chi connectivity index (χ0v) is 17.2. The van der Waals surface area contributed by atoms with Gasteiger partial charge < -0.3 is 10.2 Å². The zero-order chi connectivity index (χ0) is 20.9. The van der Waals surface area contributed by atoms with E-state index in [9.17, 15) is 17.6 Å². The summed E-state index contributed by atoms with van der Waals surface area (Å²) in [7, 11) is -3.68. The third kappa shape index (κ3) is 5.55. The Kier molecular flexibility index (Phi) is 6.87. The Labute approximate surface area is 171 Å². The topological polar surface area (TPSA) is 69.7 Å². The van der Waals surface area contributed by atoms with Gasteiger partial charge in [0.05, 0.1) is 4.90 Å². The molecule has 6 nitrogen and oxygen atoms in total. The molecule has 3 rings (SSSR count). The fraction of sp³-hybridized carbons (Fsp3) is 0.381. The number of benzene rings is 2. The maximum atomic E-state index is 13.1. The Morgan fingerprint density at radius 2 is 1.66 bits per heavy atom. The van der Waals surface area contributed by atoms with Crippen LogP contribution in [0.25, 0.3) is 0 Å². The largest absolute Gasteiger partial charge is 0.336 e. The molecule has 156 valence electrons. The highest BCUT2D eigenvalue weighted by atomic mass is 32.2. The van der Waals surface area contributed by atoms with Crippen LogP contribution in [0, 0.1) is 5.82 Å². The van der Waals surface area contributed by atoms with E-state index in [2.05, 4.69) is 17.4 Å². The average molecular weight is 420 g/mol. The van der Waals surface area contributed by atoms with E-state index < -0.39 is 15.8 Å². The van der Waals surface area contributed by atoms with Gasteiger partial charge >= 0.3 is 6.03 Å². The molecule has 1 aliphatic rings. The monoisotopic (exact) mass is 419 g/mol. The highest BCUT2D eigenvalue weighted by Gasteiger charge is 2.30. The molecule has 1 saturated heterocycles. The minimum Gasteiger partial charge on any atom is -0.336 e. The summed E-state index contributed by atoms with van der Waals surface area (Å²) in [6, 6.07) is 14.7. The minimum absolute atomic E-state index is 0.0173. The van der Waals surface area contributed by atoms with Crippen molar-refractivity contribution in [1.29, 1.82) is 0 Å². The van der Waals surface area contributed by atoms with Crippen LogP contribution in [-0.4, -0.2) is 55.9 Å². The molecule has 1 N–H and O–H groups in total. The van der Waals surface area contributed by atoms with E-state index in [0.717, 1.165) is 25.0 Å². The molecule has 0 spiro atoms. The number of hydrogen-bond acceptors (Lipinski definition) is 3. The van der Waals surface area contributed by atoms with Gasteiger partial charge in [0.15, 0.2) is 0 Å². The smallest absolute Gasteiger partial charge is 0.317 e. The van der Waals surface area contributed by atoms with E-state index in [1.54, 1.807) is 4.90 Å². The molecule has 2 aromatic carbocycles. The number of amides is 2. The minimum atomic E-state index is -3.68. The van der Waals surface area contributed by atoms with Crippen molar-refractivity contribution in [2.45, 2.75) is 30.7 Å². The van der Waals surface area contributed by atoms with Crippen LogP contribution in [0.5, 0.6) is 0 Å². The van der Waals surface area contributed by atoms with Gasteiger partial charge in [-0.15, -0.1) is 0 Å². The van der Waals surface area contributed by atoms with Crippen LogP contribution in [0.1, 0.15) is 18.9 Å². The van der Waals surface area contributed by atoms with Crippen LogP contribution in [0.4, 0.5) is 9.18 Å². The Hall–Kier alpha value is -2.45. The van der Waals surface area contributed by atoms with Crippen LogP contribution in [0.2, 0.25) is 0 Å². The number of piperazine rings is 1. The summed E-state index contributed by atoms with van der Waals surface area (Å²) in [5.74, 6) is -0.480. The van der Waals surface area contributed by atoms with Crippen molar-refractivity contribution in [1.82, 2.24) is 14.5 Å². The number of carbonyl (C=O) groups excluding carboxylic acids is 1. The molecule has 0 aliphatic carbocycles. The number of halogens is 1. The Morgan fingerprint density at radius 3 is 2.28 bits per heavy atom. The van der Waals surface area contributed by atoms with Gasteiger partial charge in [-0.25, -0.2) is 17.6 Å². The molecule has 0 radical (unpaired) electrons. The summed E-state index contributed by atoms with van der Waals surface area (Å²) in [5.41, 5.74) is 1.23. The first-order valence-corrected chi connectivity index (χ1v) is 11.2. The molecule has 0 saturated carbocycles. The van der Waals surface area contributed by atoms with Gasteiger partial charge in [0, 0.05) is 32.2 Å². The number of nitrogens with one attached hydrogen (secondary N) is 1. The van der Waals surface area contributed by atoms with Crippen molar-refractivity contribution in [3.8, 4) is 0 Å². The van der Waals surface area contributed by atoms with Crippen LogP contribution in [-0.2, 0) is 16.4 Å². The maximum absolute atomic E-state index is 13.1. The normalized spacial score (nSPS) is 16.4. The van der Waals surface area contributed by atoms with E-state index >= 15 is 0 Å². The fourth-order valence-electron chi connectivity index (χ4n) is 3.29. The average Bonchev–Trinajstić information content (AvgIpc) is 2.73. The van der Waals surface area contributed by atoms with E-state index in [4.69, 9.17) is 0 Å². The lowest BCUT2D eigenvalue weighted by Gasteiger charge is -2.34. The molecule has 1 heterocycles. The third-order valence-corrected chi connectivity index (χ3v) is 6.97. The molecule has 29 heavy (non-hydrogen) atoms. The summed E-state index contributed by atoms with van der Waals surface area (Å²) < 4.78 is 39.7. The van der Waals surface area contributed by atoms with E-state index in [1.165, 1.54) is 22.0 Å². The van der Waals surface area contributed by atoms with Crippen LogP contribution in [0.3, 0.4) is 0 Å². The van der Waals surface area contributed by atoms with Crippen molar-refractivity contribution in [3.05, 3.63) is 66.0 Å². The fourth-order valence-corrected chi connectivity index (χ4v) is 4.71. The van der Waals surface area contributed by atoms with Crippen molar-refractivity contribution < 1.29 is 17.6 Å². The first kappa shape index (κ1) is 21.3. The summed E-state index contributed by atoms with van der Waals surface area (Å²) in [4.78, 5) is 14.2. The maximum Gasteiger partial charge on any atom is 0.317 e. The molecule has 8 heteroatoms. The Balaban J connectivity index is 1.48. The zero-order valence-electron chi connectivity index (χ0n) is 16.4. The van der Waals surface area contributed by atoms with Crippen LogP contribution >= 0.6 is 0 Å². The van der Waals surface area contributed by atoms with Gasteiger partial charge in [-0.05, 0) is 49.6 Å². The van der Waals surface area contributed by atoms with Crippen LogP contribution < -0.4 is 5.32 Å². The van der Waals surface area contributed by atoms with Crippen molar-refractivity contribution in [3.63, 3.8) is 0 Å². The number of aryl methyl sites for hydroxylation is 1. The molecule has 1 atom stereocenters. The molecule has 0 aromatic heterocycles. The van der Waals surface area contributed by atoms with Crippen molar-refractivity contribution >= 4 is 16.1 Å². The summed E-state index contributed by atoms with van der Waals surface area (Å²) in [6.45, 7) is 3.03. The molecule has 0 bridgehead atoms. The number of carbonyl (C=O) groups is 1. The van der Waals surface area contributed by atoms with E-state index in [1.807, 2.05) is 25.1 Å². The number of sulfonamides is 1. The SMILES string of the molecule is C[C@H](CCc1ccccc1)NC(=O)N1CCN(S(=O)(=O)c2ccc(F)cc2)CC1. The highest BCUT2D eigenvalue weighted by Crippen LogP contribution is 2.18. The van der Waals surface area contributed by atoms with Gasteiger partial charge in [-0.1, -0.05) is 30.3 Å². The molecule has 2 aromatic rings. The number of urea groups is 1. The predicted octanol–water partition coefficient (Wildman–Crippen LogP) is 2.86.